The van der Waals surface area contributed by atoms with Crippen molar-refractivity contribution in [2.45, 2.75) is 6.92 Å². The summed E-state index contributed by atoms with van der Waals surface area (Å²) in [5.41, 5.74) is 6.87. The van der Waals surface area contributed by atoms with Gasteiger partial charge in [0.2, 0.25) is 0 Å². The number of hydrogen-bond donors (Lipinski definition) is 1. The lowest BCUT2D eigenvalue weighted by Gasteiger charge is -2.20. The Kier molecular flexibility index (Phi) is 5.60. The first kappa shape index (κ1) is 16.8. The molecule has 0 heterocycles. The van der Waals surface area contributed by atoms with Crippen LogP contribution in [0.5, 0.6) is 0 Å². The third-order valence-corrected chi connectivity index (χ3v) is 3.48. The van der Waals surface area contributed by atoms with Gasteiger partial charge in [-0.1, -0.05) is 29.8 Å². The van der Waals surface area contributed by atoms with Crippen molar-refractivity contribution in [3.8, 4) is 0 Å². The highest BCUT2D eigenvalue weighted by atomic mass is 35.5. The highest BCUT2D eigenvalue weighted by Gasteiger charge is 2.18. The van der Waals surface area contributed by atoms with Crippen molar-refractivity contribution in [1.29, 1.82) is 0 Å². The van der Waals surface area contributed by atoms with E-state index in [1.165, 1.54) is 17.0 Å². The first-order chi connectivity index (χ1) is 11.0. The molecular weight excluding hydrogens is 316 g/mol. The molecule has 6 heteroatoms. The molecular formula is C17H17ClN2O3. The fraction of sp³-hybridized carbons (Fsp3) is 0.176. The number of carbonyl (C=O) groups excluding carboxylic acids is 2. The smallest absolute Gasteiger partial charge is 0.340 e. The number of nitrogens with zero attached hydrogens (tertiary/aromatic N) is 1. The molecule has 0 saturated carbocycles. The van der Waals surface area contributed by atoms with E-state index in [0.29, 0.717) is 11.6 Å². The van der Waals surface area contributed by atoms with E-state index < -0.39 is 5.97 Å². The Morgan fingerprint density at radius 3 is 2.52 bits per heavy atom. The predicted octanol–water partition coefficient (Wildman–Crippen LogP) is 3.13. The second-order valence-corrected chi connectivity index (χ2v) is 5.22. The second kappa shape index (κ2) is 7.65. The van der Waals surface area contributed by atoms with Crippen molar-refractivity contribution in [1.82, 2.24) is 0 Å². The highest BCUT2D eigenvalue weighted by molar-refractivity contribution is 6.31. The van der Waals surface area contributed by atoms with E-state index in [2.05, 4.69) is 0 Å². The van der Waals surface area contributed by atoms with Gasteiger partial charge >= 0.3 is 5.97 Å². The zero-order valence-electron chi connectivity index (χ0n) is 12.7. The number of ether oxygens (including phenoxy) is 1. The summed E-state index contributed by atoms with van der Waals surface area (Å²) in [6.45, 7) is 1.95. The molecule has 0 fully saturated rings. The lowest BCUT2D eigenvalue weighted by molar-refractivity contribution is -0.121. The van der Waals surface area contributed by atoms with Gasteiger partial charge in [-0.25, -0.2) is 4.79 Å². The van der Waals surface area contributed by atoms with E-state index in [0.717, 1.165) is 5.69 Å². The number of esters is 1. The Morgan fingerprint density at radius 2 is 1.87 bits per heavy atom. The van der Waals surface area contributed by atoms with E-state index in [1.54, 1.807) is 6.07 Å². The lowest BCUT2D eigenvalue weighted by Crippen LogP contribution is -2.34. The predicted molar refractivity (Wildman–Crippen MR) is 90.6 cm³/mol. The SMILES string of the molecule is CCN(C(=O)COC(=O)c1cc(Cl)ccc1N)c1ccccc1. The number of likely N-dealkylation sites (N-methyl/N-ethyl adjacent to an activating group) is 1. The van der Waals surface area contributed by atoms with Crippen LogP contribution >= 0.6 is 11.6 Å². The van der Waals surface area contributed by atoms with Crippen molar-refractivity contribution in [2.75, 3.05) is 23.8 Å². The average molecular weight is 333 g/mol. The Hall–Kier alpha value is -2.53. The van der Waals surface area contributed by atoms with Gasteiger partial charge in [-0.2, -0.15) is 0 Å². The minimum atomic E-state index is -0.678. The summed E-state index contributed by atoms with van der Waals surface area (Å²) in [6.07, 6.45) is 0. The molecule has 0 atom stereocenters. The number of amides is 1. The van der Waals surface area contributed by atoms with Crippen molar-refractivity contribution < 1.29 is 14.3 Å². The maximum absolute atomic E-state index is 12.3. The number of hydrogen-bond acceptors (Lipinski definition) is 4. The Labute approximate surface area is 139 Å². The topological polar surface area (TPSA) is 72.6 Å². The molecule has 2 aromatic rings. The summed E-state index contributed by atoms with van der Waals surface area (Å²) < 4.78 is 5.06. The van der Waals surface area contributed by atoms with Crippen molar-refractivity contribution in [3.05, 3.63) is 59.1 Å². The quantitative estimate of drug-likeness (QED) is 0.674. The van der Waals surface area contributed by atoms with Gasteiger partial charge in [-0.3, -0.25) is 4.79 Å². The molecule has 2 rings (SSSR count). The first-order valence-corrected chi connectivity index (χ1v) is 7.48. The minimum Gasteiger partial charge on any atom is -0.452 e. The van der Waals surface area contributed by atoms with Crippen LogP contribution in [-0.4, -0.2) is 25.0 Å². The maximum Gasteiger partial charge on any atom is 0.340 e. The largest absolute Gasteiger partial charge is 0.452 e. The molecule has 2 N–H and O–H groups in total. The van der Waals surface area contributed by atoms with Crippen molar-refractivity contribution in [2.24, 2.45) is 0 Å². The molecule has 0 aliphatic heterocycles. The van der Waals surface area contributed by atoms with Crippen molar-refractivity contribution in [3.63, 3.8) is 0 Å². The summed E-state index contributed by atoms with van der Waals surface area (Å²) in [5, 5.41) is 0.372. The normalized spacial score (nSPS) is 10.2. The van der Waals surface area contributed by atoms with Crippen LogP contribution < -0.4 is 10.6 Å². The van der Waals surface area contributed by atoms with Gasteiger partial charge in [-0.05, 0) is 37.3 Å². The van der Waals surface area contributed by atoms with Gasteiger partial charge in [0.1, 0.15) is 0 Å². The number of carbonyl (C=O) groups is 2. The summed E-state index contributed by atoms with van der Waals surface area (Å²) >= 11 is 5.84. The maximum atomic E-state index is 12.3. The Morgan fingerprint density at radius 1 is 1.17 bits per heavy atom. The van der Waals surface area contributed by atoms with E-state index >= 15 is 0 Å². The van der Waals surface area contributed by atoms with Crippen LogP contribution in [0, 0.1) is 0 Å². The van der Waals surface area contributed by atoms with Gasteiger partial charge in [0, 0.05) is 22.9 Å². The zero-order chi connectivity index (χ0) is 16.8. The Balaban J connectivity index is 2.03. The van der Waals surface area contributed by atoms with Crippen LogP contribution in [0.3, 0.4) is 0 Å². The van der Waals surface area contributed by atoms with Crippen LogP contribution in [-0.2, 0) is 9.53 Å². The fourth-order valence-electron chi connectivity index (χ4n) is 2.10. The van der Waals surface area contributed by atoms with Gasteiger partial charge in [0.05, 0.1) is 5.56 Å². The van der Waals surface area contributed by atoms with Crippen LogP contribution in [0.25, 0.3) is 0 Å². The summed E-state index contributed by atoms with van der Waals surface area (Å²) in [4.78, 5) is 25.8. The molecule has 0 aromatic heterocycles. The third kappa shape index (κ3) is 4.23. The molecule has 0 aliphatic rings. The third-order valence-electron chi connectivity index (χ3n) is 3.25. The number of rotatable bonds is 5. The molecule has 1 amide bonds. The van der Waals surface area contributed by atoms with Crippen LogP contribution in [0.15, 0.2) is 48.5 Å². The van der Waals surface area contributed by atoms with E-state index in [9.17, 15) is 9.59 Å². The van der Waals surface area contributed by atoms with Gasteiger partial charge < -0.3 is 15.4 Å². The molecule has 5 nitrogen and oxygen atoms in total. The molecule has 120 valence electrons. The molecule has 0 bridgehead atoms. The van der Waals surface area contributed by atoms with Crippen LogP contribution in [0.2, 0.25) is 5.02 Å². The number of nitrogens with two attached hydrogens (primary N) is 1. The standard InChI is InChI=1S/C17H17ClN2O3/c1-2-20(13-6-4-3-5-7-13)16(21)11-23-17(22)14-10-12(18)8-9-15(14)19/h3-10H,2,11,19H2,1H3. The monoisotopic (exact) mass is 332 g/mol. The van der Waals surface area contributed by atoms with Gasteiger partial charge in [0.25, 0.3) is 5.91 Å². The van der Waals surface area contributed by atoms with Gasteiger partial charge in [0.15, 0.2) is 6.61 Å². The molecule has 0 aliphatic carbocycles. The molecule has 2 aromatic carbocycles. The minimum absolute atomic E-state index is 0.146. The molecule has 0 spiro atoms. The first-order valence-electron chi connectivity index (χ1n) is 7.10. The molecule has 23 heavy (non-hydrogen) atoms. The number of benzene rings is 2. The van der Waals surface area contributed by atoms with Crippen molar-refractivity contribution >= 4 is 34.9 Å². The van der Waals surface area contributed by atoms with Gasteiger partial charge in [-0.15, -0.1) is 0 Å². The average Bonchev–Trinajstić information content (AvgIpc) is 2.56. The summed E-state index contributed by atoms with van der Waals surface area (Å²) in [7, 11) is 0. The molecule has 0 radical (unpaired) electrons. The lowest BCUT2D eigenvalue weighted by atomic mass is 10.2. The number of nitrogen functional groups attached to an aromatic ring is 1. The van der Waals surface area contributed by atoms with Crippen LogP contribution in [0.1, 0.15) is 17.3 Å². The second-order valence-electron chi connectivity index (χ2n) is 4.78. The van der Waals surface area contributed by atoms with E-state index in [4.69, 9.17) is 22.1 Å². The van der Waals surface area contributed by atoms with Crippen LogP contribution in [0.4, 0.5) is 11.4 Å². The number of para-hydroxylation sites is 1. The van der Waals surface area contributed by atoms with E-state index in [1.807, 2.05) is 37.3 Å². The molecule has 0 saturated heterocycles. The number of halogens is 1. The zero-order valence-corrected chi connectivity index (χ0v) is 13.4. The summed E-state index contributed by atoms with van der Waals surface area (Å²) in [5.74, 6) is -0.991. The Bertz CT molecular complexity index is 704. The molecule has 0 unspecified atom stereocenters. The van der Waals surface area contributed by atoms with E-state index in [-0.39, 0.29) is 23.8 Å². The summed E-state index contributed by atoms with van der Waals surface area (Å²) in [6, 6.07) is 13.7. The highest BCUT2D eigenvalue weighted by Crippen LogP contribution is 2.19. The fourth-order valence-corrected chi connectivity index (χ4v) is 2.27. The number of anilines is 2.